The molecule has 0 saturated heterocycles. The molecule has 9 nitrogen and oxygen atoms in total. The number of hydrogen-bond acceptors (Lipinski definition) is 7. The van der Waals surface area contributed by atoms with Crippen molar-refractivity contribution in [3.05, 3.63) is 72.2 Å². The van der Waals surface area contributed by atoms with Crippen LogP contribution in [-0.2, 0) is 17.8 Å². The number of rotatable bonds is 8. The number of nitrogens with zero attached hydrogens (tertiary/aromatic N) is 4. The lowest BCUT2D eigenvalue weighted by atomic mass is 9.89. The highest BCUT2D eigenvalue weighted by Gasteiger charge is 2.30. The molecule has 41 heavy (non-hydrogen) atoms. The predicted molar refractivity (Wildman–Crippen MR) is 160 cm³/mol. The molecular weight excluding hydrogens is 514 g/mol. The molecule has 9 heteroatoms. The molecule has 1 amide bonds. The molecule has 1 aliphatic carbocycles. The van der Waals surface area contributed by atoms with Crippen LogP contribution in [0.4, 0.5) is 11.5 Å². The van der Waals surface area contributed by atoms with E-state index in [0.29, 0.717) is 17.6 Å². The smallest absolute Gasteiger partial charge is 0.258 e. The number of hydrogen-bond donors (Lipinski definition) is 3. The van der Waals surface area contributed by atoms with Crippen molar-refractivity contribution in [2.45, 2.75) is 64.6 Å². The number of carbonyl (C=O) groups is 1. The number of H-pyrrole nitrogens is 1. The molecule has 1 saturated carbocycles. The third kappa shape index (κ3) is 6.41. The molecule has 0 unspecified atom stereocenters. The van der Waals surface area contributed by atoms with Crippen LogP contribution in [0.3, 0.4) is 0 Å². The van der Waals surface area contributed by atoms with Gasteiger partial charge < -0.3 is 15.4 Å². The Labute approximate surface area is 240 Å². The first kappa shape index (κ1) is 27.0. The molecule has 0 bridgehead atoms. The van der Waals surface area contributed by atoms with E-state index in [1.54, 1.807) is 0 Å². The number of nitrogens with one attached hydrogen (secondary N) is 3. The first-order valence-electron chi connectivity index (χ1n) is 14.3. The molecule has 2 aromatic heterocycles. The zero-order chi connectivity index (χ0) is 28.4. The number of anilines is 2. The first-order chi connectivity index (χ1) is 19.8. The summed E-state index contributed by atoms with van der Waals surface area (Å²) in [4.78, 5) is 24.9. The largest absolute Gasteiger partial charge is 0.484 e. The Hall–Kier alpha value is -4.24. The maximum atomic E-state index is 12.3. The second-order valence-corrected chi connectivity index (χ2v) is 11.9. The minimum Gasteiger partial charge on any atom is -0.484 e. The van der Waals surface area contributed by atoms with Crippen LogP contribution < -0.4 is 15.4 Å². The summed E-state index contributed by atoms with van der Waals surface area (Å²) in [7, 11) is 0. The summed E-state index contributed by atoms with van der Waals surface area (Å²) in [5.74, 6) is 1.92. The van der Waals surface area contributed by atoms with Crippen molar-refractivity contribution < 1.29 is 9.53 Å². The Balaban J connectivity index is 1.27. The summed E-state index contributed by atoms with van der Waals surface area (Å²) >= 11 is 0. The average Bonchev–Trinajstić information content (AvgIpc) is 3.46. The van der Waals surface area contributed by atoms with Gasteiger partial charge in [-0.1, -0.05) is 30.7 Å². The second-order valence-electron chi connectivity index (χ2n) is 11.9. The number of ether oxygens (including phenoxy) is 1. The monoisotopic (exact) mass is 551 g/mol. The molecule has 0 atom stereocenters. The molecule has 4 aromatic rings. The van der Waals surface area contributed by atoms with Gasteiger partial charge >= 0.3 is 0 Å². The number of fused-ring (bicyclic) bond motifs is 1. The van der Waals surface area contributed by atoms with E-state index in [2.05, 4.69) is 50.0 Å². The molecule has 1 aliphatic heterocycles. The van der Waals surface area contributed by atoms with Crippen LogP contribution in [0.25, 0.3) is 22.5 Å². The minimum atomic E-state index is -0.309. The molecule has 1 fully saturated rings. The Bertz CT molecular complexity index is 1510. The van der Waals surface area contributed by atoms with Gasteiger partial charge in [0.25, 0.3) is 5.91 Å². The van der Waals surface area contributed by atoms with E-state index in [1.807, 2.05) is 57.4 Å². The fourth-order valence-electron chi connectivity index (χ4n) is 5.35. The third-order valence-corrected chi connectivity index (χ3v) is 7.64. The fraction of sp³-hybridized carbons (Fsp3) is 0.375. The number of aromatic amines is 1. The van der Waals surface area contributed by atoms with Gasteiger partial charge in [-0.2, -0.15) is 5.10 Å². The van der Waals surface area contributed by atoms with Crippen molar-refractivity contribution in [1.82, 2.24) is 30.4 Å². The van der Waals surface area contributed by atoms with E-state index in [0.717, 1.165) is 59.0 Å². The zero-order valence-corrected chi connectivity index (χ0v) is 23.9. The second kappa shape index (κ2) is 11.3. The van der Waals surface area contributed by atoms with Gasteiger partial charge in [-0.15, -0.1) is 0 Å². The van der Waals surface area contributed by atoms with Crippen LogP contribution in [0.5, 0.6) is 5.75 Å². The van der Waals surface area contributed by atoms with Gasteiger partial charge in [-0.3, -0.25) is 14.8 Å². The lowest BCUT2D eigenvalue weighted by molar-refractivity contribution is -0.124. The molecular formula is C32H37N7O2. The van der Waals surface area contributed by atoms with Gasteiger partial charge in [-0.05, 0) is 63.4 Å². The van der Waals surface area contributed by atoms with Crippen LogP contribution in [0.1, 0.15) is 51.3 Å². The normalized spacial score (nSPS) is 15.6. The van der Waals surface area contributed by atoms with E-state index in [4.69, 9.17) is 14.7 Å². The summed E-state index contributed by atoms with van der Waals surface area (Å²) in [6.45, 7) is 7.66. The van der Waals surface area contributed by atoms with Crippen molar-refractivity contribution in [1.29, 1.82) is 0 Å². The van der Waals surface area contributed by atoms with E-state index in [1.165, 1.54) is 19.3 Å². The SMILES string of the molecule is CC(C)(C)NC(=O)COc1cccc(-c2nc3c(c(Nc4ccc(-c5cn[nH]c5)cc4)n2)CN(C2CCC2)CC3)c1. The maximum Gasteiger partial charge on any atom is 0.258 e. The molecule has 2 aliphatic rings. The number of carbonyl (C=O) groups excluding carboxylic acids is 1. The molecule has 0 radical (unpaired) electrons. The summed E-state index contributed by atoms with van der Waals surface area (Å²) in [5.41, 5.74) is 5.89. The number of aromatic nitrogens is 4. The topological polar surface area (TPSA) is 108 Å². The van der Waals surface area contributed by atoms with Crippen LogP contribution in [0, 0.1) is 0 Å². The van der Waals surface area contributed by atoms with E-state index in [-0.39, 0.29) is 18.1 Å². The van der Waals surface area contributed by atoms with Gasteiger partial charge in [0.2, 0.25) is 0 Å². The van der Waals surface area contributed by atoms with Gasteiger partial charge in [0.15, 0.2) is 12.4 Å². The van der Waals surface area contributed by atoms with Crippen molar-refractivity contribution in [3.63, 3.8) is 0 Å². The highest BCUT2D eigenvalue weighted by Crippen LogP contribution is 2.34. The Morgan fingerprint density at radius 1 is 1.07 bits per heavy atom. The van der Waals surface area contributed by atoms with E-state index in [9.17, 15) is 4.79 Å². The third-order valence-electron chi connectivity index (χ3n) is 7.64. The minimum absolute atomic E-state index is 0.0512. The molecule has 212 valence electrons. The van der Waals surface area contributed by atoms with Crippen molar-refractivity contribution in [2.24, 2.45) is 0 Å². The molecule has 6 rings (SSSR count). The van der Waals surface area contributed by atoms with Gasteiger partial charge in [-0.25, -0.2) is 9.97 Å². The lowest BCUT2D eigenvalue weighted by Crippen LogP contribution is -2.43. The standard InChI is InChI=1S/C32H37N7O2/c1-32(2,3)38-29(40)20-41-26-9-4-6-22(16-26)30-36-28-14-15-39(25-7-5-8-25)19-27(28)31(37-30)35-24-12-10-21(11-13-24)23-17-33-34-18-23/h4,6,9-13,16-18,25H,5,7-8,14-15,19-20H2,1-3H3,(H,33,34)(H,38,40)(H,35,36,37). The van der Waals surface area contributed by atoms with Crippen molar-refractivity contribution >= 4 is 17.4 Å². The Morgan fingerprint density at radius 2 is 1.90 bits per heavy atom. The highest BCUT2D eigenvalue weighted by molar-refractivity contribution is 5.78. The molecule has 3 heterocycles. The van der Waals surface area contributed by atoms with Gasteiger partial charge in [0.05, 0.1) is 11.9 Å². The van der Waals surface area contributed by atoms with Crippen LogP contribution in [0.15, 0.2) is 60.9 Å². The first-order valence-corrected chi connectivity index (χ1v) is 14.3. The number of benzene rings is 2. The van der Waals surface area contributed by atoms with Crippen LogP contribution in [0.2, 0.25) is 0 Å². The van der Waals surface area contributed by atoms with Gasteiger partial charge in [0.1, 0.15) is 11.6 Å². The zero-order valence-electron chi connectivity index (χ0n) is 23.9. The Morgan fingerprint density at radius 3 is 2.61 bits per heavy atom. The van der Waals surface area contributed by atoms with Crippen molar-refractivity contribution in [3.8, 4) is 28.3 Å². The highest BCUT2D eigenvalue weighted by atomic mass is 16.5. The molecule has 0 spiro atoms. The summed E-state index contributed by atoms with van der Waals surface area (Å²) in [5, 5.41) is 13.5. The quantitative estimate of drug-likeness (QED) is 0.266. The number of amides is 1. The van der Waals surface area contributed by atoms with Crippen molar-refractivity contribution in [2.75, 3.05) is 18.5 Å². The summed E-state index contributed by atoms with van der Waals surface area (Å²) < 4.78 is 5.82. The average molecular weight is 552 g/mol. The predicted octanol–water partition coefficient (Wildman–Crippen LogP) is 5.48. The van der Waals surface area contributed by atoms with Crippen LogP contribution >= 0.6 is 0 Å². The van der Waals surface area contributed by atoms with E-state index >= 15 is 0 Å². The lowest BCUT2D eigenvalue weighted by Gasteiger charge is -2.40. The van der Waals surface area contributed by atoms with Gasteiger partial charge in [0, 0.05) is 59.7 Å². The molecule has 2 aromatic carbocycles. The summed E-state index contributed by atoms with van der Waals surface area (Å²) in [6, 6.07) is 16.6. The molecule has 3 N–H and O–H groups in total. The maximum absolute atomic E-state index is 12.3. The Kier molecular flexibility index (Phi) is 7.45. The van der Waals surface area contributed by atoms with E-state index < -0.39 is 0 Å². The fourth-order valence-corrected chi connectivity index (χ4v) is 5.35. The van der Waals surface area contributed by atoms with Crippen LogP contribution in [-0.4, -0.2) is 55.7 Å². The summed E-state index contributed by atoms with van der Waals surface area (Å²) in [6.07, 6.45) is 8.45.